The van der Waals surface area contributed by atoms with E-state index in [0.717, 1.165) is 5.56 Å². The van der Waals surface area contributed by atoms with Crippen LogP contribution in [0.1, 0.15) is 23.8 Å². The summed E-state index contributed by atoms with van der Waals surface area (Å²) in [6.45, 7) is 0.544. The Morgan fingerprint density at radius 3 is 2.75 bits per heavy atom. The fraction of sp³-hybridized carbons (Fsp3) is 0.333. The second kappa shape index (κ2) is 7.31. The summed E-state index contributed by atoms with van der Waals surface area (Å²) in [6, 6.07) is 12.4. The second-order valence-corrected chi connectivity index (χ2v) is 5.91. The normalized spacial score (nSPS) is 18.6. The molecule has 1 saturated heterocycles. The number of benzene rings is 1. The largest absolute Gasteiger partial charge is 0.467 e. The van der Waals surface area contributed by atoms with Crippen LogP contribution >= 0.6 is 0 Å². The smallest absolute Gasteiger partial charge is 0.225 e. The van der Waals surface area contributed by atoms with Gasteiger partial charge in [-0.15, -0.1) is 0 Å². The van der Waals surface area contributed by atoms with E-state index in [2.05, 4.69) is 5.32 Å². The van der Waals surface area contributed by atoms with Crippen LogP contribution in [0.25, 0.3) is 0 Å². The molecule has 0 bridgehead atoms. The van der Waals surface area contributed by atoms with Crippen LogP contribution < -0.4 is 5.32 Å². The van der Waals surface area contributed by atoms with Crippen molar-refractivity contribution < 1.29 is 19.1 Å². The number of hydrogen-bond donors (Lipinski definition) is 2. The molecule has 2 atom stereocenters. The molecule has 2 amide bonds. The van der Waals surface area contributed by atoms with Gasteiger partial charge in [-0.1, -0.05) is 30.3 Å². The van der Waals surface area contributed by atoms with Crippen LogP contribution in [0.5, 0.6) is 0 Å². The molecule has 0 aliphatic carbocycles. The third-order valence-corrected chi connectivity index (χ3v) is 4.21. The Morgan fingerprint density at radius 2 is 2.08 bits per heavy atom. The predicted octanol–water partition coefficient (Wildman–Crippen LogP) is 1.48. The van der Waals surface area contributed by atoms with Gasteiger partial charge in [0, 0.05) is 13.0 Å². The zero-order valence-corrected chi connectivity index (χ0v) is 13.2. The van der Waals surface area contributed by atoms with Crippen molar-refractivity contribution in [2.24, 2.45) is 5.92 Å². The zero-order chi connectivity index (χ0) is 16.9. The van der Waals surface area contributed by atoms with Gasteiger partial charge in [0.05, 0.1) is 31.4 Å². The predicted molar refractivity (Wildman–Crippen MR) is 86.6 cm³/mol. The number of furan rings is 1. The Morgan fingerprint density at radius 1 is 1.29 bits per heavy atom. The molecule has 0 radical (unpaired) electrons. The minimum absolute atomic E-state index is 0.0631. The van der Waals surface area contributed by atoms with Crippen LogP contribution in [0.4, 0.5) is 0 Å². The molecule has 24 heavy (non-hydrogen) atoms. The molecule has 0 saturated carbocycles. The number of hydrogen-bond acceptors (Lipinski definition) is 4. The Labute approximate surface area is 140 Å². The quantitative estimate of drug-likeness (QED) is 0.841. The summed E-state index contributed by atoms with van der Waals surface area (Å²) in [7, 11) is 0. The third-order valence-electron chi connectivity index (χ3n) is 4.21. The maximum Gasteiger partial charge on any atom is 0.225 e. The Hall–Kier alpha value is -2.60. The van der Waals surface area contributed by atoms with E-state index >= 15 is 0 Å². The summed E-state index contributed by atoms with van der Waals surface area (Å²) in [6.07, 6.45) is 1.74. The molecule has 6 heteroatoms. The van der Waals surface area contributed by atoms with E-state index < -0.39 is 12.0 Å². The maximum atomic E-state index is 12.5. The molecule has 0 unspecified atom stereocenters. The number of likely N-dealkylation sites (tertiary alicyclic amines) is 1. The summed E-state index contributed by atoms with van der Waals surface area (Å²) in [4.78, 5) is 26.2. The molecule has 1 aliphatic heterocycles. The lowest BCUT2D eigenvalue weighted by atomic mass is 10.0. The molecule has 1 fully saturated rings. The first-order chi connectivity index (χ1) is 11.7. The van der Waals surface area contributed by atoms with Gasteiger partial charge in [-0.05, 0) is 17.7 Å². The summed E-state index contributed by atoms with van der Waals surface area (Å²) in [5.41, 5.74) is 0.838. The molecule has 3 rings (SSSR count). The third kappa shape index (κ3) is 3.65. The van der Waals surface area contributed by atoms with Crippen molar-refractivity contribution in [2.75, 3.05) is 13.2 Å². The fourth-order valence-electron chi connectivity index (χ4n) is 2.90. The molecular weight excluding hydrogens is 308 g/mol. The van der Waals surface area contributed by atoms with Crippen LogP contribution in [-0.4, -0.2) is 35.0 Å². The van der Waals surface area contributed by atoms with Crippen LogP contribution in [-0.2, 0) is 16.1 Å². The van der Waals surface area contributed by atoms with Gasteiger partial charge in [0.15, 0.2) is 0 Å². The minimum atomic E-state index is -0.465. The number of rotatable bonds is 6. The van der Waals surface area contributed by atoms with E-state index in [1.165, 1.54) is 0 Å². The molecule has 2 N–H and O–H groups in total. The van der Waals surface area contributed by atoms with E-state index in [9.17, 15) is 14.7 Å². The van der Waals surface area contributed by atoms with Gasteiger partial charge in [0.2, 0.25) is 11.8 Å². The molecule has 2 heterocycles. The van der Waals surface area contributed by atoms with Gasteiger partial charge in [0.1, 0.15) is 5.76 Å². The average Bonchev–Trinajstić information content (AvgIpc) is 3.24. The van der Waals surface area contributed by atoms with Crippen molar-refractivity contribution in [1.29, 1.82) is 0 Å². The number of aliphatic hydroxyl groups excluding tert-OH is 1. The lowest BCUT2D eigenvalue weighted by molar-refractivity contribution is -0.129. The van der Waals surface area contributed by atoms with Gasteiger partial charge < -0.3 is 19.7 Å². The highest BCUT2D eigenvalue weighted by Crippen LogP contribution is 2.22. The second-order valence-electron chi connectivity index (χ2n) is 5.91. The van der Waals surface area contributed by atoms with Crippen molar-refractivity contribution in [3.8, 4) is 0 Å². The summed E-state index contributed by atoms with van der Waals surface area (Å²) in [5, 5.41) is 12.4. The molecule has 126 valence electrons. The lowest BCUT2D eigenvalue weighted by Crippen LogP contribution is -2.36. The monoisotopic (exact) mass is 328 g/mol. The van der Waals surface area contributed by atoms with Crippen LogP contribution in [0.15, 0.2) is 53.1 Å². The van der Waals surface area contributed by atoms with Gasteiger partial charge >= 0.3 is 0 Å². The minimum Gasteiger partial charge on any atom is -0.467 e. The van der Waals surface area contributed by atoms with Gasteiger partial charge in [0.25, 0.3) is 0 Å². The van der Waals surface area contributed by atoms with E-state index in [1.54, 1.807) is 23.3 Å². The first kappa shape index (κ1) is 16.3. The molecular formula is C18H20N2O4. The van der Waals surface area contributed by atoms with Gasteiger partial charge in [-0.3, -0.25) is 9.59 Å². The molecule has 0 spiro atoms. The topological polar surface area (TPSA) is 82.8 Å². The zero-order valence-electron chi connectivity index (χ0n) is 13.2. The number of aliphatic hydroxyl groups is 1. The van der Waals surface area contributed by atoms with E-state index in [-0.39, 0.29) is 24.8 Å². The lowest BCUT2D eigenvalue weighted by Gasteiger charge is -2.19. The number of nitrogens with zero attached hydrogens (tertiary/aromatic N) is 1. The van der Waals surface area contributed by atoms with E-state index in [0.29, 0.717) is 18.8 Å². The first-order valence-corrected chi connectivity index (χ1v) is 7.93. The first-order valence-electron chi connectivity index (χ1n) is 7.93. The summed E-state index contributed by atoms with van der Waals surface area (Å²) < 4.78 is 5.25. The van der Waals surface area contributed by atoms with Crippen molar-refractivity contribution in [1.82, 2.24) is 10.2 Å². The van der Waals surface area contributed by atoms with Gasteiger partial charge in [-0.2, -0.15) is 0 Å². The standard InChI is InChI=1S/C18H20N2O4/c21-12-16(13-5-2-1-3-6-13)19-18(23)14-9-17(22)20(10-14)11-15-7-4-8-24-15/h1-8,14,16,21H,9-12H2,(H,19,23)/t14-,16-/m1/s1. The van der Waals surface area contributed by atoms with Crippen LogP contribution in [0.2, 0.25) is 0 Å². The number of amides is 2. The van der Waals surface area contributed by atoms with Crippen molar-refractivity contribution in [3.63, 3.8) is 0 Å². The summed E-state index contributed by atoms with van der Waals surface area (Å²) >= 11 is 0. The van der Waals surface area contributed by atoms with E-state index in [4.69, 9.17) is 4.42 Å². The molecule has 1 aliphatic rings. The highest BCUT2D eigenvalue weighted by Gasteiger charge is 2.35. The van der Waals surface area contributed by atoms with Gasteiger partial charge in [-0.25, -0.2) is 0 Å². The van der Waals surface area contributed by atoms with Crippen LogP contribution in [0, 0.1) is 5.92 Å². The highest BCUT2D eigenvalue weighted by molar-refractivity contribution is 5.89. The fourth-order valence-corrected chi connectivity index (χ4v) is 2.90. The Kier molecular flexibility index (Phi) is 4.96. The number of nitrogens with one attached hydrogen (secondary N) is 1. The molecule has 2 aromatic rings. The number of carbonyl (C=O) groups excluding carboxylic acids is 2. The molecule has 1 aromatic carbocycles. The Bertz CT molecular complexity index is 684. The SMILES string of the molecule is O=C(N[C@H](CO)c1ccccc1)[C@@H]1CC(=O)N(Cc2ccco2)C1. The Balaban J connectivity index is 1.60. The van der Waals surface area contributed by atoms with Crippen molar-refractivity contribution in [2.45, 2.75) is 19.0 Å². The molecule has 1 aromatic heterocycles. The average molecular weight is 328 g/mol. The maximum absolute atomic E-state index is 12.5. The van der Waals surface area contributed by atoms with Crippen molar-refractivity contribution in [3.05, 3.63) is 60.1 Å². The highest BCUT2D eigenvalue weighted by atomic mass is 16.3. The van der Waals surface area contributed by atoms with Crippen molar-refractivity contribution >= 4 is 11.8 Å². The summed E-state index contributed by atoms with van der Waals surface area (Å²) in [5.74, 6) is 0.00663. The van der Waals surface area contributed by atoms with Crippen LogP contribution in [0.3, 0.4) is 0 Å². The number of carbonyl (C=O) groups is 2. The molecule has 6 nitrogen and oxygen atoms in total. The van der Waals surface area contributed by atoms with E-state index in [1.807, 2.05) is 30.3 Å².